The Labute approximate surface area is 125 Å². The average Bonchev–Trinajstić information content (AvgIpc) is 3.18. The number of aromatic nitrogens is 2. The average molecular weight is 289 g/mol. The maximum absolute atomic E-state index is 13.5. The molecule has 1 aliphatic carbocycles. The van der Waals surface area contributed by atoms with E-state index in [1.54, 1.807) is 12.1 Å². The van der Waals surface area contributed by atoms with Crippen molar-refractivity contribution >= 4 is 11.0 Å². The maximum Gasteiger partial charge on any atom is 0.125 e. The van der Waals surface area contributed by atoms with Gasteiger partial charge in [0.1, 0.15) is 11.6 Å². The van der Waals surface area contributed by atoms with Crippen molar-refractivity contribution in [2.24, 2.45) is 11.1 Å². The van der Waals surface area contributed by atoms with Gasteiger partial charge in [0.15, 0.2) is 0 Å². The molecule has 0 radical (unpaired) electrons. The number of imidazole rings is 1. The fraction of sp³-hybridized carbons (Fsp3) is 0.588. The van der Waals surface area contributed by atoms with E-state index in [0.29, 0.717) is 6.04 Å². The van der Waals surface area contributed by atoms with Crippen LogP contribution in [0.2, 0.25) is 0 Å². The molecule has 114 valence electrons. The number of aryl methyl sites for hydroxylation is 1. The predicted octanol–water partition coefficient (Wildman–Crippen LogP) is 3.82. The largest absolute Gasteiger partial charge is 0.330 e. The molecule has 0 atom stereocenters. The van der Waals surface area contributed by atoms with Gasteiger partial charge in [0.2, 0.25) is 0 Å². The first-order chi connectivity index (χ1) is 10.00. The summed E-state index contributed by atoms with van der Waals surface area (Å²) in [5.74, 6) is 0.919. The molecule has 1 fully saturated rings. The lowest BCUT2D eigenvalue weighted by Crippen LogP contribution is -2.18. The highest BCUT2D eigenvalue weighted by Crippen LogP contribution is 2.39. The van der Waals surface area contributed by atoms with E-state index in [-0.39, 0.29) is 11.2 Å². The van der Waals surface area contributed by atoms with Gasteiger partial charge in [-0.3, -0.25) is 0 Å². The van der Waals surface area contributed by atoms with Crippen LogP contribution in [0.15, 0.2) is 18.2 Å². The number of benzene rings is 1. The van der Waals surface area contributed by atoms with Crippen LogP contribution in [0.3, 0.4) is 0 Å². The van der Waals surface area contributed by atoms with Gasteiger partial charge in [0.05, 0.1) is 11.0 Å². The van der Waals surface area contributed by atoms with Gasteiger partial charge in [-0.25, -0.2) is 9.37 Å². The molecule has 0 saturated heterocycles. The molecule has 4 heteroatoms. The monoisotopic (exact) mass is 289 g/mol. The van der Waals surface area contributed by atoms with Crippen LogP contribution >= 0.6 is 0 Å². The topological polar surface area (TPSA) is 43.8 Å². The van der Waals surface area contributed by atoms with Crippen LogP contribution in [0.1, 0.15) is 51.4 Å². The Morgan fingerprint density at radius 3 is 2.76 bits per heavy atom. The second-order valence-corrected chi connectivity index (χ2v) is 6.97. The summed E-state index contributed by atoms with van der Waals surface area (Å²) < 4.78 is 15.8. The van der Waals surface area contributed by atoms with Gasteiger partial charge in [-0.05, 0) is 55.8 Å². The summed E-state index contributed by atoms with van der Waals surface area (Å²) in [6.45, 7) is 5.23. The van der Waals surface area contributed by atoms with Crippen molar-refractivity contribution in [2.75, 3.05) is 6.54 Å². The predicted molar refractivity (Wildman–Crippen MR) is 83.7 cm³/mol. The van der Waals surface area contributed by atoms with E-state index in [2.05, 4.69) is 18.4 Å². The molecule has 3 nitrogen and oxygen atoms in total. The SMILES string of the molecule is CC(C)(CCN)CCc1nc2ccc(F)cc2n1C1CC1. The quantitative estimate of drug-likeness (QED) is 0.878. The van der Waals surface area contributed by atoms with Crippen molar-refractivity contribution in [3.63, 3.8) is 0 Å². The van der Waals surface area contributed by atoms with Gasteiger partial charge >= 0.3 is 0 Å². The molecule has 2 N–H and O–H groups in total. The first kappa shape index (κ1) is 14.5. The Bertz CT molecular complexity index is 641. The van der Waals surface area contributed by atoms with Gasteiger partial charge in [-0.15, -0.1) is 0 Å². The Morgan fingerprint density at radius 1 is 1.33 bits per heavy atom. The van der Waals surface area contributed by atoms with E-state index in [0.717, 1.165) is 42.7 Å². The zero-order chi connectivity index (χ0) is 15.0. The lowest BCUT2D eigenvalue weighted by molar-refractivity contribution is 0.309. The minimum Gasteiger partial charge on any atom is -0.330 e. The van der Waals surface area contributed by atoms with E-state index < -0.39 is 0 Å². The zero-order valence-electron chi connectivity index (χ0n) is 12.9. The highest BCUT2D eigenvalue weighted by atomic mass is 19.1. The molecule has 1 saturated carbocycles. The number of halogens is 1. The third-order valence-corrected chi connectivity index (χ3v) is 4.48. The molecule has 0 unspecified atom stereocenters. The smallest absolute Gasteiger partial charge is 0.125 e. The van der Waals surface area contributed by atoms with Crippen LogP contribution in [0.25, 0.3) is 11.0 Å². The standard InChI is InChI=1S/C17H24FN3/c1-17(2,9-10-19)8-7-16-20-14-6-3-12(18)11-15(14)21(16)13-4-5-13/h3,6,11,13H,4-5,7-10,19H2,1-2H3. The van der Waals surface area contributed by atoms with E-state index in [1.807, 2.05) is 0 Å². The number of fused-ring (bicyclic) bond motifs is 1. The van der Waals surface area contributed by atoms with Gasteiger partial charge in [-0.2, -0.15) is 0 Å². The summed E-state index contributed by atoms with van der Waals surface area (Å²) in [6, 6.07) is 5.42. The van der Waals surface area contributed by atoms with E-state index in [9.17, 15) is 4.39 Å². The zero-order valence-corrected chi connectivity index (χ0v) is 12.9. The molecule has 3 rings (SSSR count). The van der Waals surface area contributed by atoms with Crippen LogP contribution < -0.4 is 5.73 Å². The number of rotatable bonds is 6. The van der Waals surface area contributed by atoms with Gasteiger partial charge in [0.25, 0.3) is 0 Å². The van der Waals surface area contributed by atoms with E-state index in [4.69, 9.17) is 10.7 Å². The maximum atomic E-state index is 13.5. The fourth-order valence-corrected chi connectivity index (χ4v) is 3.00. The first-order valence-corrected chi connectivity index (χ1v) is 7.87. The van der Waals surface area contributed by atoms with Crippen molar-refractivity contribution in [2.45, 2.75) is 52.0 Å². The number of nitrogens with two attached hydrogens (primary N) is 1. The molecule has 2 aromatic rings. The number of hydrogen-bond acceptors (Lipinski definition) is 2. The Hall–Kier alpha value is -1.42. The number of nitrogens with zero attached hydrogens (tertiary/aromatic N) is 2. The second-order valence-electron chi connectivity index (χ2n) is 6.97. The molecule has 1 heterocycles. The summed E-state index contributed by atoms with van der Waals surface area (Å²) in [7, 11) is 0. The van der Waals surface area contributed by atoms with Crippen molar-refractivity contribution in [1.29, 1.82) is 0 Å². The van der Waals surface area contributed by atoms with Crippen LogP contribution in [0.5, 0.6) is 0 Å². The summed E-state index contributed by atoms with van der Waals surface area (Å²) in [4.78, 5) is 4.74. The Morgan fingerprint density at radius 2 is 2.10 bits per heavy atom. The van der Waals surface area contributed by atoms with Crippen LogP contribution in [0, 0.1) is 11.2 Å². The van der Waals surface area contributed by atoms with E-state index in [1.165, 1.54) is 18.9 Å². The third kappa shape index (κ3) is 3.10. The lowest BCUT2D eigenvalue weighted by Gasteiger charge is -2.23. The molecular formula is C17H24FN3. The highest BCUT2D eigenvalue weighted by Gasteiger charge is 2.29. The second kappa shape index (κ2) is 5.41. The Balaban J connectivity index is 1.89. The van der Waals surface area contributed by atoms with Crippen molar-refractivity contribution < 1.29 is 4.39 Å². The Kier molecular flexibility index (Phi) is 3.74. The van der Waals surface area contributed by atoms with Crippen molar-refractivity contribution in [3.05, 3.63) is 29.8 Å². The van der Waals surface area contributed by atoms with Gasteiger partial charge in [-0.1, -0.05) is 13.8 Å². The van der Waals surface area contributed by atoms with Gasteiger partial charge in [0, 0.05) is 12.5 Å². The summed E-state index contributed by atoms with van der Waals surface area (Å²) in [5, 5.41) is 0. The lowest BCUT2D eigenvalue weighted by atomic mass is 9.84. The molecule has 0 bridgehead atoms. The summed E-state index contributed by atoms with van der Waals surface area (Å²) in [5.41, 5.74) is 7.78. The molecular weight excluding hydrogens is 265 g/mol. The molecule has 0 aliphatic heterocycles. The first-order valence-electron chi connectivity index (χ1n) is 7.87. The third-order valence-electron chi connectivity index (χ3n) is 4.48. The van der Waals surface area contributed by atoms with Crippen LogP contribution in [-0.2, 0) is 6.42 Å². The fourth-order valence-electron chi connectivity index (χ4n) is 3.00. The van der Waals surface area contributed by atoms with E-state index >= 15 is 0 Å². The minimum atomic E-state index is -0.181. The molecule has 0 spiro atoms. The highest BCUT2D eigenvalue weighted by molar-refractivity contribution is 5.76. The number of hydrogen-bond donors (Lipinski definition) is 1. The molecule has 1 aromatic carbocycles. The molecule has 21 heavy (non-hydrogen) atoms. The molecule has 0 amide bonds. The normalized spacial score (nSPS) is 15.8. The van der Waals surface area contributed by atoms with Crippen LogP contribution in [0.4, 0.5) is 4.39 Å². The summed E-state index contributed by atoms with van der Waals surface area (Å²) in [6.07, 6.45) is 5.37. The van der Waals surface area contributed by atoms with Crippen molar-refractivity contribution in [3.8, 4) is 0 Å². The van der Waals surface area contributed by atoms with Crippen LogP contribution in [-0.4, -0.2) is 16.1 Å². The minimum absolute atomic E-state index is 0.181. The van der Waals surface area contributed by atoms with Gasteiger partial charge < -0.3 is 10.3 Å². The molecule has 1 aliphatic rings. The molecule has 1 aromatic heterocycles. The summed E-state index contributed by atoms with van der Waals surface area (Å²) >= 11 is 0. The van der Waals surface area contributed by atoms with Crippen molar-refractivity contribution in [1.82, 2.24) is 9.55 Å².